The second kappa shape index (κ2) is 5.69. The van der Waals surface area contributed by atoms with Crippen LogP contribution in [-0.4, -0.2) is 12.0 Å². The standard InChI is InChI=1S/C12H19F3O/c1-2-9-3-5-10(6-4-9)11(16)7-8-12(13,14)15/h9-10H,2-8H2,1H3. The Morgan fingerprint density at radius 3 is 2.19 bits per heavy atom. The molecule has 0 aromatic rings. The smallest absolute Gasteiger partial charge is 0.299 e. The van der Waals surface area contributed by atoms with Gasteiger partial charge in [0.2, 0.25) is 0 Å². The van der Waals surface area contributed by atoms with E-state index in [0.29, 0.717) is 5.92 Å². The van der Waals surface area contributed by atoms with Crippen molar-refractivity contribution in [2.24, 2.45) is 11.8 Å². The summed E-state index contributed by atoms with van der Waals surface area (Å²) in [5.74, 6) is 0.378. The van der Waals surface area contributed by atoms with Gasteiger partial charge in [0.25, 0.3) is 0 Å². The van der Waals surface area contributed by atoms with Crippen LogP contribution in [0, 0.1) is 11.8 Å². The minimum atomic E-state index is -4.20. The van der Waals surface area contributed by atoms with Gasteiger partial charge in [-0.05, 0) is 31.6 Å². The van der Waals surface area contributed by atoms with Crippen LogP contribution >= 0.6 is 0 Å². The summed E-state index contributed by atoms with van der Waals surface area (Å²) in [5.41, 5.74) is 0. The quantitative estimate of drug-likeness (QED) is 0.717. The first-order valence-corrected chi connectivity index (χ1v) is 6.02. The van der Waals surface area contributed by atoms with Gasteiger partial charge in [0.15, 0.2) is 0 Å². The Balaban J connectivity index is 2.28. The third-order valence-corrected chi connectivity index (χ3v) is 3.53. The van der Waals surface area contributed by atoms with Crippen molar-refractivity contribution in [3.63, 3.8) is 0 Å². The molecule has 0 amide bonds. The number of rotatable bonds is 4. The average Bonchev–Trinajstić information content (AvgIpc) is 2.25. The van der Waals surface area contributed by atoms with Crippen LogP contribution < -0.4 is 0 Å². The minimum Gasteiger partial charge on any atom is -0.299 e. The average molecular weight is 236 g/mol. The van der Waals surface area contributed by atoms with Gasteiger partial charge in [-0.1, -0.05) is 13.3 Å². The number of Topliss-reactive ketones (excluding diaryl/α,β-unsaturated/α-hetero) is 1. The number of halogens is 3. The van der Waals surface area contributed by atoms with E-state index in [9.17, 15) is 18.0 Å². The lowest BCUT2D eigenvalue weighted by Crippen LogP contribution is -2.23. The molecule has 1 aliphatic rings. The molecular weight excluding hydrogens is 217 g/mol. The van der Waals surface area contributed by atoms with E-state index < -0.39 is 12.6 Å². The van der Waals surface area contributed by atoms with Crippen LogP contribution in [0.15, 0.2) is 0 Å². The molecule has 4 heteroatoms. The van der Waals surface area contributed by atoms with Crippen molar-refractivity contribution >= 4 is 5.78 Å². The van der Waals surface area contributed by atoms with E-state index in [1.54, 1.807) is 0 Å². The fraction of sp³-hybridized carbons (Fsp3) is 0.917. The van der Waals surface area contributed by atoms with Gasteiger partial charge in [-0.15, -0.1) is 0 Å². The van der Waals surface area contributed by atoms with Crippen LogP contribution in [0.3, 0.4) is 0 Å². The molecule has 0 spiro atoms. The van der Waals surface area contributed by atoms with Gasteiger partial charge in [0, 0.05) is 12.3 Å². The summed E-state index contributed by atoms with van der Waals surface area (Å²) >= 11 is 0. The minimum absolute atomic E-state index is 0.106. The number of hydrogen-bond donors (Lipinski definition) is 0. The summed E-state index contributed by atoms with van der Waals surface area (Å²) in [6, 6.07) is 0. The molecule has 1 nitrogen and oxygen atoms in total. The van der Waals surface area contributed by atoms with Gasteiger partial charge >= 0.3 is 6.18 Å². The van der Waals surface area contributed by atoms with Gasteiger partial charge in [0.1, 0.15) is 5.78 Å². The molecule has 0 saturated heterocycles. The van der Waals surface area contributed by atoms with Gasteiger partial charge in [-0.25, -0.2) is 0 Å². The number of hydrogen-bond acceptors (Lipinski definition) is 1. The lowest BCUT2D eigenvalue weighted by Gasteiger charge is -2.26. The first-order valence-electron chi connectivity index (χ1n) is 6.02. The Hall–Kier alpha value is -0.540. The molecule has 1 saturated carbocycles. The molecule has 94 valence electrons. The molecule has 1 rings (SSSR count). The van der Waals surface area contributed by atoms with Crippen molar-refractivity contribution in [1.82, 2.24) is 0 Å². The molecule has 1 aliphatic carbocycles. The lowest BCUT2D eigenvalue weighted by atomic mass is 9.78. The van der Waals surface area contributed by atoms with Crippen molar-refractivity contribution in [2.75, 3.05) is 0 Å². The van der Waals surface area contributed by atoms with Crippen molar-refractivity contribution in [3.05, 3.63) is 0 Å². The Kier molecular flexibility index (Phi) is 4.81. The van der Waals surface area contributed by atoms with Crippen molar-refractivity contribution in [2.45, 2.75) is 58.0 Å². The van der Waals surface area contributed by atoms with E-state index >= 15 is 0 Å². The van der Waals surface area contributed by atoms with Gasteiger partial charge in [-0.3, -0.25) is 4.79 Å². The highest BCUT2D eigenvalue weighted by molar-refractivity contribution is 5.81. The van der Waals surface area contributed by atoms with Gasteiger partial charge < -0.3 is 0 Å². The predicted octanol–water partition coefficient (Wildman–Crippen LogP) is 4.11. The first-order chi connectivity index (χ1) is 7.42. The Morgan fingerprint density at radius 2 is 1.75 bits per heavy atom. The summed E-state index contributed by atoms with van der Waals surface area (Å²) in [4.78, 5) is 11.5. The van der Waals surface area contributed by atoms with E-state index in [2.05, 4.69) is 6.92 Å². The molecule has 0 heterocycles. The zero-order valence-electron chi connectivity index (χ0n) is 9.65. The highest BCUT2D eigenvalue weighted by Crippen LogP contribution is 2.32. The third kappa shape index (κ3) is 4.54. The third-order valence-electron chi connectivity index (χ3n) is 3.53. The molecule has 0 aromatic heterocycles. The van der Waals surface area contributed by atoms with E-state index in [-0.39, 0.29) is 18.1 Å². The van der Waals surface area contributed by atoms with Crippen LogP contribution in [-0.2, 0) is 4.79 Å². The van der Waals surface area contributed by atoms with Gasteiger partial charge in [0.05, 0.1) is 6.42 Å². The maximum absolute atomic E-state index is 11.9. The second-order valence-electron chi connectivity index (χ2n) is 4.71. The van der Waals surface area contributed by atoms with Gasteiger partial charge in [-0.2, -0.15) is 13.2 Å². The monoisotopic (exact) mass is 236 g/mol. The molecule has 0 bridgehead atoms. The largest absolute Gasteiger partial charge is 0.389 e. The van der Waals surface area contributed by atoms with Crippen LogP contribution in [0.4, 0.5) is 13.2 Å². The Labute approximate surface area is 94.4 Å². The maximum Gasteiger partial charge on any atom is 0.389 e. The molecule has 1 fully saturated rings. The highest BCUT2D eigenvalue weighted by Gasteiger charge is 2.31. The Morgan fingerprint density at radius 1 is 1.19 bits per heavy atom. The topological polar surface area (TPSA) is 17.1 Å². The Bertz CT molecular complexity index is 227. The summed E-state index contributed by atoms with van der Waals surface area (Å²) in [6.07, 6.45) is -0.799. The summed E-state index contributed by atoms with van der Waals surface area (Å²) in [5, 5.41) is 0. The predicted molar refractivity (Wildman–Crippen MR) is 56.0 cm³/mol. The first kappa shape index (κ1) is 13.5. The van der Waals surface area contributed by atoms with Crippen molar-refractivity contribution < 1.29 is 18.0 Å². The summed E-state index contributed by atoms with van der Waals surface area (Å²) < 4.78 is 35.8. The maximum atomic E-state index is 11.9. The van der Waals surface area contributed by atoms with Crippen LogP contribution in [0.1, 0.15) is 51.9 Å². The van der Waals surface area contributed by atoms with Crippen LogP contribution in [0.25, 0.3) is 0 Å². The fourth-order valence-corrected chi connectivity index (χ4v) is 2.36. The number of alkyl halides is 3. The second-order valence-corrected chi connectivity index (χ2v) is 4.71. The van der Waals surface area contributed by atoms with Crippen molar-refractivity contribution in [1.29, 1.82) is 0 Å². The molecule has 0 N–H and O–H groups in total. The highest BCUT2D eigenvalue weighted by atomic mass is 19.4. The molecular formula is C12H19F3O. The van der Waals surface area contributed by atoms with Crippen LogP contribution in [0.2, 0.25) is 0 Å². The zero-order valence-corrected chi connectivity index (χ0v) is 9.65. The number of ketones is 1. The van der Waals surface area contributed by atoms with E-state index in [1.165, 1.54) is 0 Å². The van der Waals surface area contributed by atoms with E-state index in [1.807, 2.05) is 0 Å². The van der Waals surface area contributed by atoms with E-state index in [4.69, 9.17) is 0 Å². The molecule has 0 atom stereocenters. The lowest BCUT2D eigenvalue weighted by molar-refractivity contribution is -0.145. The molecule has 0 aliphatic heterocycles. The molecule has 0 radical (unpaired) electrons. The SMILES string of the molecule is CCC1CCC(C(=O)CCC(F)(F)F)CC1. The molecule has 16 heavy (non-hydrogen) atoms. The molecule has 0 unspecified atom stereocenters. The van der Waals surface area contributed by atoms with Crippen molar-refractivity contribution in [3.8, 4) is 0 Å². The van der Waals surface area contributed by atoms with Crippen LogP contribution in [0.5, 0.6) is 0 Å². The fourth-order valence-electron chi connectivity index (χ4n) is 2.36. The summed E-state index contributed by atoms with van der Waals surface area (Å²) in [7, 11) is 0. The summed E-state index contributed by atoms with van der Waals surface area (Å²) in [6.45, 7) is 2.12. The molecule has 0 aromatic carbocycles. The van der Waals surface area contributed by atoms with E-state index in [0.717, 1.165) is 32.1 Å². The normalized spacial score (nSPS) is 26.8. The number of carbonyl (C=O) groups excluding carboxylic acids is 1. The number of carbonyl (C=O) groups is 1. The zero-order chi connectivity index (χ0) is 12.2.